The molecule has 0 saturated carbocycles. The van der Waals surface area contributed by atoms with Gasteiger partial charge >= 0.3 is 0 Å². The quantitative estimate of drug-likeness (QED) is 0.201. The fourth-order valence-electron chi connectivity index (χ4n) is 4.93. The van der Waals surface area contributed by atoms with Crippen LogP contribution in [0.25, 0.3) is 44.8 Å². The van der Waals surface area contributed by atoms with Gasteiger partial charge in [0.1, 0.15) is 11.6 Å². The third-order valence-electron chi connectivity index (χ3n) is 6.69. The highest BCUT2D eigenvalue weighted by atomic mass is 15.1. The predicted molar refractivity (Wildman–Crippen MR) is 143 cm³/mol. The van der Waals surface area contributed by atoms with E-state index < -0.39 is 0 Å². The molecule has 174 valence electrons. The van der Waals surface area contributed by atoms with Crippen molar-refractivity contribution in [3.05, 3.63) is 72.8 Å². The van der Waals surface area contributed by atoms with Gasteiger partial charge in [0, 0.05) is 24.2 Å². The number of hydrogen-bond donors (Lipinski definition) is 0. The zero-order valence-corrected chi connectivity index (χ0v) is 20.4. The average molecular weight is 451 g/mol. The van der Waals surface area contributed by atoms with E-state index in [0.717, 1.165) is 59.7 Å². The number of nitrogens with zero attached hydrogens (tertiary/aromatic N) is 4. The molecule has 0 spiro atoms. The van der Waals surface area contributed by atoms with Crippen LogP contribution in [0.2, 0.25) is 0 Å². The van der Waals surface area contributed by atoms with Crippen molar-refractivity contribution in [2.75, 3.05) is 0 Å². The highest BCUT2D eigenvalue weighted by molar-refractivity contribution is 5.88. The molecule has 2 heterocycles. The molecule has 0 radical (unpaired) electrons. The fraction of sp³-hybridized carbons (Fsp3) is 0.333. The normalized spacial score (nSPS) is 11.6. The van der Waals surface area contributed by atoms with Gasteiger partial charge in [-0.1, -0.05) is 88.1 Å². The minimum atomic E-state index is 0.977. The molecule has 0 aliphatic carbocycles. The minimum Gasteiger partial charge on any atom is -0.324 e. The molecule has 0 amide bonds. The highest BCUT2D eigenvalue weighted by Crippen LogP contribution is 2.35. The number of fused-ring (bicyclic) bond motifs is 2. The number of aryl methyl sites for hydroxylation is 2. The molecule has 0 saturated heterocycles. The SMILES string of the molecule is CCCCCn1c(-c2ccccc2-c2nc3ccccc3n2CCCCC)nc2ccccc21. The molecule has 5 rings (SSSR count). The number of hydrogen-bond acceptors (Lipinski definition) is 2. The largest absolute Gasteiger partial charge is 0.324 e. The number of rotatable bonds is 10. The van der Waals surface area contributed by atoms with E-state index in [1.165, 1.54) is 36.7 Å². The summed E-state index contributed by atoms with van der Waals surface area (Å²) in [5.41, 5.74) is 6.84. The maximum Gasteiger partial charge on any atom is 0.141 e. The van der Waals surface area contributed by atoms with Crippen molar-refractivity contribution < 1.29 is 0 Å². The Morgan fingerprint density at radius 3 is 1.38 bits per heavy atom. The summed E-state index contributed by atoms with van der Waals surface area (Å²) >= 11 is 0. The molecule has 0 fully saturated rings. The van der Waals surface area contributed by atoms with E-state index in [1.54, 1.807) is 0 Å². The first kappa shape index (κ1) is 22.4. The molecule has 0 aliphatic heterocycles. The maximum absolute atomic E-state index is 5.13. The molecule has 3 aromatic carbocycles. The molecule has 2 aromatic heterocycles. The summed E-state index contributed by atoms with van der Waals surface area (Å²) in [6.45, 7) is 6.46. The summed E-state index contributed by atoms with van der Waals surface area (Å²) in [6.07, 6.45) is 7.17. The van der Waals surface area contributed by atoms with E-state index in [9.17, 15) is 0 Å². The van der Waals surface area contributed by atoms with Gasteiger partial charge in [-0.2, -0.15) is 0 Å². The van der Waals surface area contributed by atoms with E-state index in [-0.39, 0.29) is 0 Å². The van der Waals surface area contributed by atoms with E-state index in [4.69, 9.17) is 9.97 Å². The summed E-state index contributed by atoms with van der Waals surface area (Å²) in [5, 5.41) is 0. The van der Waals surface area contributed by atoms with Crippen LogP contribution in [0.4, 0.5) is 0 Å². The third kappa shape index (κ3) is 4.25. The van der Waals surface area contributed by atoms with E-state index in [1.807, 2.05) is 0 Å². The first-order valence-electron chi connectivity index (χ1n) is 12.8. The van der Waals surface area contributed by atoms with Crippen molar-refractivity contribution in [1.82, 2.24) is 19.1 Å². The van der Waals surface area contributed by atoms with Crippen molar-refractivity contribution in [1.29, 1.82) is 0 Å². The lowest BCUT2D eigenvalue weighted by molar-refractivity contribution is 0.615. The van der Waals surface area contributed by atoms with Crippen LogP contribution in [0.5, 0.6) is 0 Å². The smallest absolute Gasteiger partial charge is 0.141 e. The van der Waals surface area contributed by atoms with Gasteiger partial charge in [-0.3, -0.25) is 0 Å². The lowest BCUT2D eigenvalue weighted by Crippen LogP contribution is -2.04. The Morgan fingerprint density at radius 1 is 0.529 bits per heavy atom. The highest BCUT2D eigenvalue weighted by Gasteiger charge is 2.20. The lowest BCUT2D eigenvalue weighted by Gasteiger charge is -2.14. The predicted octanol–water partition coefficient (Wildman–Crippen LogP) is 8.10. The van der Waals surface area contributed by atoms with Crippen LogP contribution in [0.15, 0.2) is 72.8 Å². The Bertz CT molecular complexity index is 1280. The molecule has 0 atom stereocenters. The molecule has 4 nitrogen and oxygen atoms in total. The van der Waals surface area contributed by atoms with Crippen molar-refractivity contribution in [3.63, 3.8) is 0 Å². The Morgan fingerprint density at radius 2 is 0.941 bits per heavy atom. The first-order valence-corrected chi connectivity index (χ1v) is 12.8. The molecular formula is C30H34N4. The number of unbranched alkanes of at least 4 members (excludes halogenated alkanes) is 4. The molecule has 0 aliphatic rings. The van der Waals surface area contributed by atoms with Gasteiger partial charge in [0.05, 0.1) is 22.1 Å². The molecule has 0 bridgehead atoms. The number of benzene rings is 3. The van der Waals surface area contributed by atoms with E-state index in [0.29, 0.717) is 0 Å². The molecule has 4 heteroatoms. The Labute approximate surface area is 202 Å². The van der Waals surface area contributed by atoms with Gasteiger partial charge in [0.25, 0.3) is 0 Å². The number of para-hydroxylation sites is 4. The molecule has 0 unspecified atom stereocenters. The number of imidazole rings is 2. The van der Waals surface area contributed by atoms with E-state index >= 15 is 0 Å². The van der Waals surface area contributed by atoms with Crippen LogP contribution in [0, 0.1) is 0 Å². The van der Waals surface area contributed by atoms with Crippen LogP contribution in [0.3, 0.4) is 0 Å². The molecular weight excluding hydrogens is 416 g/mol. The first-order chi connectivity index (χ1) is 16.8. The molecule has 5 aromatic rings. The average Bonchev–Trinajstić information content (AvgIpc) is 3.43. The van der Waals surface area contributed by atoms with Gasteiger partial charge in [-0.25, -0.2) is 9.97 Å². The Hall–Kier alpha value is -3.40. The van der Waals surface area contributed by atoms with Gasteiger partial charge in [-0.15, -0.1) is 0 Å². The van der Waals surface area contributed by atoms with Gasteiger partial charge in [-0.05, 0) is 37.1 Å². The second-order valence-corrected chi connectivity index (χ2v) is 9.11. The maximum atomic E-state index is 5.13. The molecule has 34 heavy (non-hydrogen) atoms. The second-order valence-electron chi connectivity index (χ2n) is 9.11. The van der Waals surface area contributed by atoms with Gasteiger partial charge in [0.15, 0.2) is 0 Å². The van der Waals surface area contributed by atoms with Crippen molar-refractivity contribution >= 4 is 22.1 Å². The fourth-order valence-corrected chi connectivity index (χ4v) is 4.93. The minimum absolute atomic E-state index is 0.977. The van der Waals surface area contributed by atoms with Gasteiger partial charge < -0.3 is 9.13 Å². The molecule has 0 N–H and O–H groups in total. The zero-order valence-electron chi connectivity index (χ0n) is 20.4. The third-order valence-corrected chi connectivity index (χ3v) is 6.69. The second kappa shape index (κ2) is 10.3. The van der Waals surface area contributed by atoms with Crippen LogP contribution in [0.1, 0.15) is 52.4 Å². The number of aromatic nitrogens is 4. The van der Waals surface area contributed by atoms with E-state index in [2.05, 4.69) is 95.8 Å². The Balaban J connectivity index is 1.68. The van der Waals surface area contributed by atoms with Crippen molar-refractivity contribution in [2.45, 2.75) is 65.5 Å². The zero-order chi connectivity index (χ0) is 23.3. The summed E-state index contributed by atoms with van der Waals surface area (Å²) in [6, 6.07) is 25.7. The van der Waals surface area contributed by atoms with Crippen LogP contribution in [-0.4, -0.2) is 19.1 Å². The van der Waals surface area contributed by atoms with Crippen molar-refractivity contribution in [2.24, 2.45) is 0 Å². The van der Waals surface area contributed by atoms with Crippen LogP contribution in [-0.2, 0) is 13.1 Å². The van der Waals surface area contributed by atoms with Crippen LogP contribution >= 0.6 is 0 Å². The lowest BCUT2D eigenvalue weighted by atomic mass is 10.1. The topological polar surface area (TPSA) is 35.6 Å². The van der Waals surface area contributed by atoms with Crippen LogP contribution < -0.4 is 0 Å². The monoisotopic (exact) mass is 450 g/mol. The summed E-state index contributed by atoms with van der Waals surface area (Å²) in [5.74, 6) is 2.08. The summed E-state index contributed by atoms with van der Waals surface area (Å²) in [7, 11) is 0. The Kier molecular flexibility index (Phi) is 6.75. The summed E-state index contributed by atoms with van der Waals surface area (Å²) in [4.78, 5) is 10.3. The van der Waals surface area contributed by atoms with Gasteiger partial charge in [0.2, 0.25) is 0 Å². The van der Waals surface area contributed by atoms with Crippen molar-refractivity contribution in [3.8, 4) is 22.8 Å². The summed E-state index contributed by atoms with van der Waals surface area (Å²) < 4.78 is 4.82. The standard InChI is InChI=1S/C30H34N4/c1-3-5-13-21-33-27-19-11-9-17-25(27)31-29(33)23-15-7-8-16-24(23)30-32-26-18-10-12-20-28(26)34(30)22-14-6-4-2/h7-12,15-20H,3-6,13-14,21-22H2,1-2H3.